The number of aromatic nitrogens is 4. The van der Waals surface area contributed by atoms with Gasteiger partial charge in [0.2, 0.25) is 5.88 Å². The zero-order valence-electron chi connectivity index (χ0n) is 17.6. The maximum atomic E-state index is 13.2. The Morgan fingerprint density at radius 1 is 1.03 bits per heavy atom. The number of alkyl halides is 6. The summed E-state index contributed by atoms with van der Waals surface area (Å²) in [5.41, 5.74) is -1.64. The maximum Gasteiger partial charge on any atom is 0.435 e. The first kappa shape index (κ1) is 25.4. The average molecular weight is 548 g/mol. The van der Waals surface area contributed by atoms with Crippen LogP contribution in [0.4, 0.5) is 31.3 Å². The van der Waals surface area contributed by atoms with Gasteiger partial charge in [-0.05, 0) is 24.3 Å². The van der Waals surface area contributed by atoms with Gasteiger partial charge in [0.05, 0.1) is 16.3 Å². The number of carbonyl (C=O) groups excluding carboxylic acids is 1. The van der Waals surface area contributed by atoms with E-state index in [0.717, 1.165) is 28.3 Å². The van der Waals surface area contributed by atoms with Crippen molar-refractivity contribution in [2.24, 2.45) is 0 Å². The van der Waals surface area contributed by atoms with E-state index in [9.17, 15) is 31.1 Å². The first-order valence-corrected chi connectivity index (χ1v) is 10.9. The summed E-state index contributed by atoms with van der Waals surface area (Å²) in [5.74, 6) is -1.18. The first-order chi connectivity index (χ1) is 16.9. The highest BCUT2D eigenvalue weighted by Crippen LogP contribution is 2.35. The summed E-state index contributed by atoms with van der Waals surface area (Å²) in [6.45, 7) is -0.724. The molecule has 0 saturated heterocycles. The summed E-state index contributed by atoms with van der Waals surface area (Å²) < 4.78 is 87.9. The van der Waals surface area contributed by atoms with Crippen LogP contribution in [-0.4, -0.2) is 31.9 Å². The van der Waals surface area contributed by atoms with Gasteiger partial charge in [0.25, 0.3) is 5.91 Å². The van der Waals surface area contributed by atoms with Gasteiger partial charge in [-0.2, -0.15) is 36.1 Å². The molecule has 0 spiro atoms. The van der Waals surface area contributed by atoms with Gasteiger partial charge in [0.15, 0.2) is 12.3 Å². The SMILES string of the molecule is O=C(COc1cc(C(F)(F)F)nn1-c1ccccc1Cl)Nc1snnc1-c1ccc(C(F)(F)F)cc1. The summed E-state index contributed by atoms with van der Waals surface area (Å²) in [6, 6.07) is 10.7. The van der Waals surface area contributed by atoms with Crippen LogP contribution in [0.2, 0.25) is 5.02 Å². The van der Waals surface area contributed by atoms with Gasteiger partial charge < -0.3 is 10.1 Å². The maximum absolute atomic E-state index is 13.2. The van der Waals surface area contributed by atoms with Crippen molar-refractivity contribution in [2.45, 2.75) is 12.4 Å². The largest absolute Gasteiger partial charge is 0.467 e. The monoisotopic (exact) mass is 547 g/mol. The lowest BCUT2D eigenvalue weighted by molar-refractivity contribution is -0.141. The van der Waals surface area contributed by atoms with E-state index in [1.165, 1.54) is 30.3 Å². The number of rotatable bonds is 6. The van der Waals surface area contributed by atoms with E-state index in [0.29, 0.717) is 6.07 Å². The van der Waals surface area contributed by atoms with Crippen molar-refractivity contribution in [3.8, 4) is 22.8 Å². The number of nitrogens with zero attached hydrogens (tertiary/aromatic N) is 4. The van der Waals surface area contributed by atoms with Gasteiger partial charge in [-0.3, -0.25) is 4.79 Å². The average Bonchev–Trinajstić information content (AvgIpc) is 3.44. The molecule has 0 unspecified atom stereocenters. The fourth-order valence-corrected chi connectivity index (χ4v) is 3.81. The third-order valence-electron chi connectivity index (χ3n) is 4.63. The van der Waals surface area contributed by atoms with Crippen molar-refractivity contribution >= 4 is 34.0 Å². The Labute approximate surface area is 207 Å². The van der Waals surface area contributed by atoms with Crippen molar-refractivity contribution in [3.63, 3.8) is 0 Å². The summed E-state index contributed by atoms with van der Waals surface area (Å²) in [5, 5.41) is 9.97. The molecular formula is C21H12ClF6N5O2S. The molecule has 4 rings (SSSR count). The molecule has 0 aliphatic heterocycles. The van der Waals surface area contributed by atoms with E-state index in [2.05, 4.69) is 20.0 Å². The molecule has 0 aliphatic rings. The lowest BCUT2D eigenvalue weighted by atomic mass is 10.1. The molecule has 0 radical (unpaired) electrons. The third-order valence-corrected chi connectivity index (χ3v) is 5.59. The number of carbonyl (C=O) groups is 1. The zero-order valence-corrected chi connectivity index (χ0v) is 19.1. The summed E-state index contributed by atoms with van der Waals surface area (Å²) in [4.78, 5) is 12.5. The van der Waals surface area contributed by atoms with Crippen LogP contribution in [-0.2, 0) is 17.1 Å². The molecule has 7 nitrogen and oxygen atoms in total. The van der Waals surface area contributed by atoms with Crippen LogP contribution in [0.5, 0.6) is 5.88 Å². The Bertz CT molecular complexity index is 1380. The normalized spacial score (nSPS) is 12.0. The van der Waals surface area contributed by atoms with Crippen LogP contribution < -0.4 is 10.1 Å². The van der Waals surface area contributed by atoms with Gasteiger partial charge >= 0.3 is 12.4 Å². The molecule has 0 atom stereocenters. The Morgan fingerprint density at radius 2 is 1.72 bits per heavy atom. The molecule has 0 fully saturated rings. The fourth-order valence-electron chi connectivity index (χ4n) is 2.98. The quantitative estimate of drug-likeness (QED) is 0.295. The first-order valence-electron chi connectivity index (χ1n) is 9.78. The van der Waals surface area contributed by atoms with Crippen LogP contribution in [0.3, 0.4) is 0 Å². The molecule has 0 saturated carbocycles. The van der Waals surface area contributed by atoms with E-state index >= 15 is 0 Å². The number of ether oxygens (including phenoxy) is 1. The van der Waals surface area contributed by atoms with Crippen molar-refractivity contribution in [2.75, 3.05) is 11.9 Å². The molecule has 2 aromatic heterocycles. The minimum absolute atomic E-state index is 0.0977. The molecule has 15 heteroatoms. The predicted molar refractivity (Wildman–Crippen MR) is 118 cm³/mol. The second kappa shape index (κ2) is 9.78. The van der Waals surface area contributed by atoms with Crippen LogP contribution in [0.25, 0.3) is 16.9 Å². The Balaban J connectivity index is 1.51. The van der Waals surface area contributed by atoms with Gasteiger partial charge in [-0.1, -0.05) is 40.4 Å². The van der Waals surface area contributed by atoms with Crippen LogP contribution in [0.15, 0.2) is 54.6 Å². The molecule has 2 heterocycles. The van der Waals surface area contributed by atoms with Gasteiger partial charge in [-0.15, -0.1) is 5.10 Å². The number of anilines is 1. The van der Waals surface area contributed by atoms with Crippen LogP contribution in [0.1, 0.15) is 11.3 Å². The molecule has 4 aromatic rings. The van der Waals surface area contributed by atoms with Crippen molar-refractivity contribution < 1.29 is 35.9 Å². The highest BCUT2D eigenvalue weighted by Gasteiger charge is 2.36. The van der Waals surface area contributed by atoms with Gasteiger partial charge in [0, 0.05) is 23.2 Å². The second-order valence-corrected chi connectivity index (χ2v) is 8.25. The van der Waals surface area contributed by atoms with Crippen molar-refractivity contribution in [3.05, 3.63) is 70.9 Å². The molecule has 0 aliphatic carbocycles. The molecule has 36 heavy (non-hydrogen) atoms. The molecule has 1 amide bonds. The number of halogens is 7. The molecule has 0 bridgehead atoms. The molecule has 2 aromatic carbocycles. The van der Waals surface area contributed by atoms with E-state index in [-0.39, 0.29) is 27.0 Å². The molecule has 1 N–H and O–H groups in total. The minimum atomic E-state index is -4.78. The van der Waals surface area contributed by atoms with E-state index in [1.54, 1.807) is 6.07 Å². The zero-order chi connectivity index (χ0) is 26.1. The van der Waals surface area contributed by atoms with Crippen molar-refractivity contribution in [1.82, 2.24) is 19.4 Å². The van der Waals surface area contributed by atoms with E-state index in [1.807, 2.05) is 0 Å². The topological polar surface area (TPSA) is 81.9 Å². The summed E-state index contributed by atoms with van der Waals surface area (Å²) in [7, 11) is 0. The number of hydrogen-bond acceptors (Lipinski definition) is 6. The van der Waals surface area contributed by atoms with Gasteiger partial charge in [-0.25, -0.2) is 0 Å². The smallest absolute Gasteiger partial charge is 0.435 e. The number of para-hydroxylation sites is 1. The number of amides is 1. The minimum Gasteiger partial charge on any atom is -0.467 e. The van der Waals surface area contributed by atoms with Crippen LogP contribution in [0, 0.1) is 0 Å². The molecular weight excluding hydrogens is 536 g/mol. The van der Waals surface area contributed by atoms with E-state index < -0.39 is 42.0 Å². The standard InChI is InChI=1S/C21H12ClF6N5O2S/c22-13-3-1-2-4-14(13)33-17(9-15(31-33)21(26,27)28)35-10-16(34)29-19-18(30-32-36-19)11-5-7-12(8-6-11)20(23,24)25/h1-9H,10H2,(H,29,34). The highest BCUT2D eigenvalue weighted by atomic mass is 35.5. The number of nitrogens with one attached hydrogen (secondary N) is 1. The van der Waals surface area contributed by atoms with E-state index in [4.69, 9.17) is 16.3 Å². The second-order valence-electron chi connectivity index (χ2n) is 7.09. The summed E-state index contributed by atoms with van der Waals surface area (Å²) >= 11 is 6.83. The lowest BCUT2D eigenvalue weighted by Crippen LogP contribution is -2.21. The van der Waals surface area contributed by atoms with Crippen LogP contribution >= 0.6 is 23.1 Å². The highest BCUT2D eigenvalue weighted by molar-refractivity contribution is 7.10. The Kier molecular flexibility index (Phi) is 6.91. The fraction of sp³-hybridized carbons (Fsp3) is 0.143. The van der Waals surface area contributed by atoms with Gasteiger partial charge in [0.1, 0.15) is 10.7 Å². The Morgan fingerprint density at radius 3 is 2.36 bits per heavy atom. The number of hydrogen-bond donors (Lipinski definition) is 1. The third kappa shape index (κ3) is 5.60. The number of benzene rings is 2. The lowest BCUT2D eigenvalue weighted by Gasteiger charge is -2.10. The predicted octanol–water partition coefficient (Wildman–Crippen LogP) is 6.10. The molecule has 188 valence electrons. The Hall–Kier alpha value is -3.65. The summed E-state index contributed by atoms with van der Waals surface area (Å²) in [6.07, 6.45) is -9.30. The van der Waals surface area contributed by atoms with Crippen molar-refractivity contribution in [1.29, 1.82) is 0 Å².